The molecule has 0 bridgehead atoms. The van der Waals surface area contributed by atoms with E-state index in [0.29, 0.717) is 0 Å². The van der Waals surface area contributed by atoms with Crippen LogP contribution in [0.3, 0.4) is 0 Å². The van der Waals surface area contributed by atoms with Crippen LogP contribution < -0.4 is 0 Å². The average Bonchev–Trinajstić information content (AvgIpc) is 2.22. The molecule has 1 fully saturated rings. The summed E-state index contributed by atoms with van der Waals surface area (Å²) >= 11 is 0. The third-order valence-corrected chi connectivity index (χ3v) is 4.71. The molecular formula is C6H11O11S2. The minimum atomic E-state index is -5.48. The molecule has 0 spiro atoms. The number of hydrogen-bond acceptors (Lipinski definition) is 9. The molecule has 1 rings (SSSR count). The van der Waals surface area contributed by atoms with Crippen molar-refractivity contribution < 1.29 is 51.1 Å². The first kappa shape index (κ1) is 16.7. The summed E-state index contributed by atoms with van der Waals surface area (Å²) in [6.07, 6.45) is -7.55. The first-order valence-corrected chi connectivity index (χ1v) is 7.46. The second-order valence-corrected chi connectivity index (χ2v) is 6.88. The second-order valence-electron chi connectivity index (χ2n) is 3.76. The van der Waals surface area contributed by atoms with E-state index in [4.69, 9.17) is 14.2 Å². The molecule has 113 valence electrons. The number of aliphatic hydroxyl groups is 4. The SMILES string of the molecule is O=S(=O)(O)C(O)[C@H]1O[CH][C@H](O)[C@](O)(S(=O)(=O)O)[C@H]1O. The van der Waals surface area contributed by atoms with E-state index in [2.05, 4.69) is 4.74 Å². The van der Waals surface area contributed by atoms with Crippen molar-refractivity contribution in [1.82, 2.24) is 0 Å². The summed E-state index contributed by atoms with van der Waals surface area (Å²) in [5.41, 5.74) is -2.82. The Balaban J connectivity index is 3.25. The lowest BCUT2D eigenvalue weighted by Gasteiger charge is -2.42. The van der Waals surface area contributed by atoms with Gasteiger partial charge in [-0.3, -0.25) is 9.11 Å². The predicted molar refractivity (Wildman–Crippen MR) is 55.2 cm³/mol. The molecule has 11 nitrogen and oxygen atoms in total. The van der Waals surface area contributed by atoms with Crippen LogP contribution in [0.2, 0.25) is 0 Å². The van der Waals surface area contributed by atoms with Crippen LogP contribution in [0.5, 0.6) is 0 Å². The van der Waals surface area contributed by atoms with Crippen LogP contribution in [0.25, 0.3) is 0 Å². The molecule has 1 saturated heterocycles. The highest BCUT2D eigenvalue weighted by molar-refractivity contribution is 7.87. The van der Waals surface area contributed by atoms with Gasteiger partial charge in [-0.2, -0.15) is 16.8 Å². The van der Waals surface area contributed by atoms with E-state index in [9.17, 15) is 32.2 Å². The molecule has 5 atom stereocenters. The fourth-order valence-corrected chi connectivity index (χ4v) is 2.80. The first-order chi connectivity index (χ1) is 8.33. The number of ether oxygens (including phenoxy) is 1. The maximum absolute atomic E-state index is 11.0. The Morgan fingerprint density at radius 3 is 2.00 bits per heavy atom. The Bertz CT molecular complexity index is 538. The summed E-state index contributed by atoms with van der Waals surface area (Å²) in [5.74, 6) is 0. The van der Waals surface area contributed by atoms with Crippen molar-refractivity contribution in [3.05, 3.63) is 6.61 Å². The zero-order valence-electron chi connectivity index (χ0n) is 8.93. The molecule has 13 heteroatoms. The summed E-state index contributed by atoms with van der Waals surface area (Å²) in [7, 11) is -10.6. The average molecular weight is 323 g/mol. The van der Waals surface area contributed by atoms with E-state index >= 15 is 0 Å². The molecule has 0 aromatic carbocycles. The lowest BCUT2D eigenvalue weighted by molar-refractivity contribution is -0.196. The molecule has 1 unspecified atom stereocenters. The molecule has 0 aromatic heterocycles. The van der Waals surface area contributed by atoms with Crippen molar-refractivity contribution in [2.24, 2.45) is 0 Å². The quantitative estimate of drug-likeness (QED) is 0.277. The number of hydrogen-bond donors (Lipinski definition) is 6. The summed E-state index contributed by atoms with van der Waals surface area (Å²) in [6, 6.07) is 0. The van der Waals surface area contributed by atoms with E-state index in [-0.39, 0.29) is 6.61 Å². The zero-order chi connectivity index (χ0) is 15.2. The van der Waals surface area contributed by atoms with Crippen molar-refractivity contribution >= 4 is 20.2 Å². The van der Waals surface area contributed by atoms with E-state index in [0.717, 1.165) is 0 Å². The molecule has 1 radical (unpaired) electrons. The maximum Gasteiger partial charge on any atom is 0.300 e. The van der Waals surface area contributed by atoms with Crippen molar-refractivity contribution in [2.45, 2.75) is 28.7 Å². The Labute approximate surface area is 107 Å². The minimum absolute atomic E-state index is 0.180. The zero-order valence-corrected chi connectivity index (χ0v) is 10.6. The van der Waals surface area contributed by atoms with Crippen LogP contribution >= 0.6 is 0 Å². The van der Waals surface area contributed by atoms with Gasteiger partial charge in [0.25, 0.3) is 10.1 Å². The highest BCUT2D eigenvalue weighted by atomic mass is 32.2. The van der Waals surface area contributed by atoms with Crippen LogP contribution in [-0.4, -0.2) is 75.0 Å². The van der Waals surface area contributed by atoms with Crippen molar-refractivity contribution in [2.75, 3.05) is 0 Å². The minimum Gasteiger partial charge on any atom is -0.386 e. The molecule has 0 aromatic rings. The monoisotopic (exact) mass is 323 g/mol. The van der Waals surface area contributed by atoms with E-state index < -0.39 is 48.9 Å². The van der Waals surface area contributed by atoms with Crippen LogP contribution in [0.4, 0.5) is 0 Å². The molecule has 6 N–H and O–H groups in total. The van der Waals surface area contributed by atoms with Gasteiger partial charge >= 0.3 is 10.1 Å². The summed E-state index contributed by atoms with van der Waals surface area (Å²) < 4.78 is 64.9. The van der Waals surface area contributed by atoms with E-state index in [1.54, 1.807) is 0 Å². The van der Waals surface area contributed by atoms with Gasteiger partial charge in [-0.15, -0.1) is 0 Å². The molecule has 0 aliphatic carbocycles. The molecular weight excluding hydrogens is 312 g/mol. The second kappa shape index (κ2) is 4.87. The van der Waals surface area contributed by atoms with Crippen molar-refractivity contribution in [1.29, 1.82) is 0 Å². The predicted octanol–water partition coefficient (Wildman–Crippen LogP) is -3.95. The summed E-state index contributed by atoms with van der Waals surface area (Å²) in [5, 5.41) is 37.5. The molecule has 0 saturated carbocycles. The maximum atomic E-state index is 11.0. The third-order valence-electron chi connectivity index (χ3n) is 2.52. The van der Waals surface area contributed by atoms with Crippen LogP contribution in [-0.2, 0) is 25.0 Å². The Morgan fingerprint density at radius 1 is 1.16 bits per heavy atom. The van der Waals surface area contributed by atoms with Gasteiger partial charge in [0.2, 0.25) is 10.4 Å². The highest BCUT2D eigenvalue weighted by Gasteiger charge is 2.62. The topological polar surface area (TPSA) is 199 Å². The molecule has 0 amide bonds. The first-order valence-electron chi connectivity index (χ1n) is 4.52. The van der Waals surface area contributed by atoms with Crippen molar-refractivity contribution in [3.8, 4) is 0 Å². The van der Waals surface area contributed by atoms with Gasteiger partial charge in [0, 0.05) is 0 Å². The molecule has 1 aliphatic heterocycles. The number of aliphatic hydroxyl groups excluding tert-OH is 3. The van der Waals surface area contributed by atoms with Gasteiger partial charge in [-0.1, -0.05) is 0 Å². The lowest BCUT2D eigenvalue weighted by atomic mass is 9.99. The molecule has 19 heavy (non-hydrogen) atoms. The van der Waals surface area contributed by atoms with Crippen LogP contribution in [0.15, 0.2) is 0 Å². The van der Waals surface area contributed by atoms with E-state index in [1.807, 2.05) is 0 Å². The van der Waals surface area contributed by atoms with Gasteiger partial charge in [0.1, 0.15) is 24.9 Å². The normalized spacial score (nSPS) is 38.9. The fourth-order valence-electron chi connectivity index (χ4n) is 1.45. The van der Waals surface area contributed by atoms with E-state index in [1.165, 1.54) is 0 Å². The molecule has 1 heterocycles. The highest BCUT2D eigenvalue weighted by Crippen LogP contribution is 2.34. The Hall–Kier alpha value is -0.380. The van der Waals surface area contributed by atoms with Gasteiger partial charge in [-0.05, 0) is 0 Å². The van der Waals surface area contributed by atoms with Gasteiger partial charge in [-0.25, -0.2) is 0 Å². The van der Waals surface area contributed by atoms with Gasteiger partial charge < -0.3 is 25.2 Å². The van der Waals surface area contributed by atoms with Gasteiger partial charge in [0.05, 0.1) is 0 Å². The number of rotatable bonds is 3. The van der Waals surface area contributed by atoms with Crippen LogP contribution in [0, 0.1) is 6.61 Å². The van der Waals surface area contributed by atoms with Crippen molar-refractivity contribution in [3.63, 3.8) is 0 Å². The standard InChI is InChI=1S/C6H11O11S2/c7-2-1-17-3(5(9)18(11,12)13)4(8)6(2,10)19(14,15)16/h1-5,7-10H,(H,11,12,13)(H,14,15,16)/t2-,3-,4-,5?,6-/m0/s1. The van der Waals surface area contributed by atoms with Crippen LogP contribution in [0.1, 0.15) is 0 Å². The molecule has 1 aliphatic rings. The Kier molecular flexibility index (Phi) is 4.27. The lowest BCUT2D eigenvalue weighted by Crippen LogP contribution is -2.67. The smallest absolute Gasteiger partial charge is 0.300 e. The van der Waals surface area contributed by atoms with Gasteiger partial charge in [0.15, 0.2) is 0 Å². The Morgan fingerprint density at radius 2 is 1.63 bits per heavy atom. The summed E-state index contributed by atoms with van der Waals surface area (Å²) in [6.45, 7) is 0.180. The largest absolute Gasteiger partial charge is 0.386 e. The fraction of sp³-hybridized carbons (Fsp3) is 0.833. The summed E-state index contributed by atoms with van der Waals surface area (Å²) in [4.78, 5) is -3.62. The third kappa shape index (κ3) is 2.74.